The molecule has 1 aliphatic heterocycles. The van der Waals surface area contributed by atoms with Crippen LogP contribution in [0, 0.1) is 0 Å². The second-order valence-corrected chi connectivity index (χ2v) is 6.00. The quantitative estimate of drug-likeness (QED) is 0.708. The highest BCUT2D eigenvalue weighted by Crippen LogP contribution is 2.26. The Kier molecular flexibility index (Phi) is 5.52. The molecule has 0 bridgehead atoms. The van der Waals surface area contributed by atoms with Gasteiger partial charge in [0.25, 0.3) is 0 Å². The summed E-state index contributed by atoms with van der Waals surface area (Å²) in [4.78, 5) is 2.39. The molecule has 1 aliphatic rings. The van der Waals surface area contributed by atoms with Gasteiger partial charge in [0.05, 0.1) is 6.10 Å². The number of benzene rings is 1. The van der Waals surface area contributed by atoms with Crippen LogP contribution < -0.4 is 4.90 Å². The van der Waals surface area contributed by atoms with Crippen molar-refractivity contribution < 1.29 is 4.74 Å². The highest BCUT2D eigenvalue weighted by atomic mass is 79.9. The molecule has 2 rings (SSSR count). The van der Waals surface area contributed by atoms with E-state index in [0.29, 0.717) is 6.10 Å². The third-order valence-electron chi connectivity index (χ3n) is 3.38. The van der Waals surface area contributed by atoms with E-state index in [1.54, 1.807) is 0 Å². The molecule has 1 aromatic rings. The van der Waals surface area contributed by atoms with Crippen molar-refractivity contribution in [1.29, 1.82) is 0 Å². The lowest BCUT2D eigenvalue weighted by Crippen LogP contribution is -2.32. The van der Waals surface area contributed by atoms with Crippen molar-refractivity contribution in [2.24, 2.45) is 0 Å². The SMILES string of the molecule is CCN(CC1CCCO1)c1ccc(CBr)c(Br)c1. The average molecular weight is 377 g/mol. The molecule has 1 aromatic carbocycles. The second-order valence-electron chi connectivity index (χ2n) is 4.58. The Morgan fingerprint density at radius 1 is 1.44 bits per heavy atom. The molecule has 0 aliphatic carbocycles. The molecule has 0 amide bonds. The van der Waals surface area contributed by atoms with Gasteiger partial charge in [-0.25, -0.2) is 0 Å². The van der Waals surface area contributed by atoms with Crippen LogP contribution >= 0.6 is 31.9 Å². The number of likely N-dealkylation sites (N-methyl/N-ethyl adjacent to an activating group) is 1. The lowest BCUT2D eigenvalue weighted by atomic mass is 10.2. The van der Waals surface area contributed by atoms with Crippen LogP contribution in [0.3, 0.4) is 0 Å². The van der Waals surface area contributed by atoms with Crippen molar-refractivity contribution in [3.8, 4) is 0 Å². The summed E-state index contributed by atoms with van der Waals surface area (Å²) < 4.78 is 6.89. The van der Waals surface area contributed by atoms with Gasteiger partial charge in [-0.1, -0.05) is 37.9 Å². The molecule has 0 spiro atoms. The summed E-state index contributed by atoms with van der Waals surface area (Å²) >= 11 is 7.12. The molecular formula is C14H19Br2NO. The third-order valence-corrected chi connectivity index (χ3v) is 4.72. The lowest BCUT2D eigenvalue weighted by Gasteiger charge is -2.26. The van der Waals surface area contributed by atoms with Gasteiger partial charge in [-0.2, -0.15) is 0 Å². The molecule has 1 unspecified atom stereocenters. The molecule has 18 heavy (non-hydrogen) atoms. The molecule has 1 atom stereocenters. The summed E-state index contributed by atoms with van der Waals surface area (Å²) in [6.07, 6.45) is 2.80. The van der Waals surface area contributed by atoms with Crippen molar-refractivity contribution in [3.05, 3.63) is 28.2 Å². The van der Waals surface area contributed by atoms with Gasteiger partial charge >= 0.3 is 0 Å². The first kappa shape index (κ1) is 14.4. The van der Waals surface area contributed by atoms with Crippen LogP contribution in [-0.2, 0) is 10.1 Å². The van der Waals surface area contributed by atoms with E-state index >= 15 is 0 Å². The topological polar surface area (TPSA) is 12.5 Å². The number of anilines is 1. The largest absolute Gasteiger partial charge is 0.376 e. The van der Waals surface area contributed by atoms with Gasteiger partial charge in [-0.05, 0) is 37.5 Å². The van der Waals surface area contributed by atoms with Gasteiger partial charge in [0.15, 0.2) is 0 Å². The summed E-state index contributed by atoms with van der Waals surface area (Å²) in [5.74, 6) is 0. The molecule has 0 saturated carbocycles. The van der Waals surface area contributed by atoms with Crippen molar-refractivity contribution in [3.63, 3.8) is 0 Å². The molecule has 0 aromatic heterocycles. The molecule has 0 N–H and O–H groups in total. The van der Waals surface area contributed by atoms with E-state index in [9.17, 15) is 0 Å². The van der Waals surface area contributed by atoms with E-state index in [1.807, 2.05) is 0 Å². The van der Waals surface area contributed by atoms with Crippen LogP contribution in [0.25, 0.3) is 0 Å². The maximum absolute atomic E-state index is 5.72. The first-order chi connectivity index (χ1) is 8.74. The summed E-state index contributed by atoms with van der Waals surface area (Å²) in [5, 5.41) is 0.881. The Bertz CT molecular complexity index is 391. The molecule has 2 nitrogen and oxygen atoms in total. The number of rotatable bonds is 5. The first-order valence-electron chi connectivity index (χ1n) is 6.45. The maximum atomic E-state index is 5.72. The minimum absolute atomic E-state index is 0.402. The summed E-state index contributed by atoms with van der Waals surface area (Å²) in [5.41, 5.74) is 2.55. The number of nitrogens with zero attached hydrogens (tertiary/aromatic N) is 1. The van der Waals surface area contributed by atoms with Gasteiger partial charge < -0.3 is 9.64 Å². The average Bonchev–Trinajstić information content (AvgIpc) is 2.88. The number of hydrogen-bond donors (Lipinski definition) is 0. The Balaban J connectivity index is 2.08. The fourth-order valence-corrected chi connectivity index (χ4v) is 3.66. The van der Waals surface area contributed by atoms with Crippen molar-refractivity contribution >= 4 is 37.5 Å². The molecule has 4 heteroatoms. The Hall–Kier alpha value is -0.0600. The Morgan fingerprint density at radius 2 is 2.28 bits per heavy atom. The summed E-state index contributed by atoms with van der Waals surface area (Å²) in [7, 11) is 0. The smallest absolute Gasteiger partial charge is 0.0750 e. The maximum Gasteiger partial charge on any atom is 0.0750 e. The summed E-state index contributed by atoms with van der Waals surface area (Å²) in [6, 6.07) is 6.57. The summed E-state index contributed by atoms with van der Waals surface area (Å²) in [6.45, 7) is 5.13. The highest BCUT2D eigenvalue weighted by Gasteiger charge is 2.19. The number of alkyl halides is 1. The van der Waals surface area contributed by atoms with Crippen molar-refractivity contribution in [2.75, 3.05) is 24.6 Å². The first-order valence-corrected chi connectivity index (χ1v) is 8.37. The number of ether oxygens (including phenoxy) is 1. The minimum Gasteiger partial charge on any atom is -0.376 e. The monoisotopic (exact) mass is 375 g/mol. The van der Waals surface area contributed by atoms with E-state index in [0.717, 1.165) is 25.0 Å². The zero-order valence-electron chi connectivity index (χ0n) is 10.7. The molecule has 1 fully saturated rings. The molecular weight excluding hydrogens is 358 g/mol. The van der Waals surface area contributed by atoms with Gasteiger partial charge in [0, 0.05) is 35.2 Å². The van der Waals surface area contributed by atoms with E-state index in [2.05, 4.69) is 61.9 Å². The lowest BCUT2D eigenvalue weighted by molar-refractivity contribution is 0.115. The predicted octanol–water partition coefficient (Wildman–Crippen LogP) is 4.35. The zero-order valence-corrected chi connectivity index (χ0v) is 13.8. The molecule has 0 radical (unpaired) electrons. The van der Waals surface area contributed by atoms with Crippen LogP contribution in [0.2, 0.25) is 0 Å². The van der Waals surface area contributed by atoms with Crippen LogP contribution in [-0.4, -0.2) is 25.8 Å². The fraction of sp³-hybridized carbons (Fsp3) is 0.571. The second kappa shape index (κ2) is 6.92. The number of halogens is 2. The van der Waals surface area contributed by atoms with E-state index in [4.69, 9.17) is 4.74 Å². The van der Waals surface area contributed by atoms with Gasteiger partial charge in [0.1, 0.15) is 0 Å². The van der Waals surface area contributed by atoms with Crippen molar-refractivity contribution in [1.82, 2.24) is 0 Å². The van der Waals surface area contributed by atoms with Crippen molar-refractivity contribution in [2.45, 2.75) is 31.2 Å². The van der Waals surface area contributed by atoms with E-state index in [1.165, 1.54) is 28.6 Å². The van der Waals surface area contributed by atoms with Crippen LogP contribution in [0.5, 0.6) is 0 Å². The zero-order chi connectivity index (χ0) is 13.0. The third kappa shape index (κ3) is 3.49. The normalized spacial score (nSPS) is 19.2. The Morgan fingerprint density at radius 3 is 2.83 bits per heavy atom. The van der Waals surface area contributed by atoms with Crippen LogP contribution in [0.4, 0.5) is 5.69 Å². The van der Waals surface area contributed by atoms with Gasteiger partial charge in [0.2, 0.25) is 0 Å². The fourth-order valence-electron chi connectivity index (χ4n) is 2.29. The molecule has 1 saturated heterocycles. The minimum atomic E-state index is 0.402. The Labute approximate surface area is 126 Å². The van der Waals surface area contributed by atoms with E-state index in [-0.39, 0.29) is 0 Å². The standard InChI is InChI=1S/C14H19Br2NO/c1-2-17(10-13-4-3-7-18-13)12-6-5-11(9-15)14(16)8-12/h5-6,8,13H,2-4,7,9-10H2,1H3. The molecule has 1 heterocycles. The van der Waals surface area contributed by atoms with Gasteiger partial charge in [-0.3, -0.25) is 0 Å². The number of hydrogen-bond acceptors (Lipinski definition) is 2. The molecule has 100 valence electrons. The van der Waals surface area contributed by atoms with Crippen LogP contribution in [0.1, 0.15) is 25.3 Å². The highest BCUT2D eigenvalue weighted by molar-refractivity contribution is 9.10. The van der Waals surface area contributed by atoms with E-state index < -0.39 is 0 Å². The van der Waals surface area contributed by atoms with Gasteiger partial charge in [-0.15, -0.1) is 0 Å². The predicted molar refractivity (Wildman–Crippen MR) is 83.6 cm³/mol. The van der Waals surface area contributed by atoms with Crippen LogP contribution in [0.15, 0.2) is 22.7 Å².